The van der Waals surface area contributed by atoms with Crippen LogP contribution in [0, 0.1) is 0 Å². The van der Waals surface area contributed by atoms with Gasteiger partial charge in [-0.3, -0.25) is 4.79 Å². The number of rotatable bonds is 7. The number of H-pyrrole nitrogens is 1. The number of phenols is 1. The fourth-order valence-electron chi connectivity index (χ4n) is 3.61. The Bertz CT molecular complexity index is 1330. The van der Waals surface area contributed by atoms with Crippen molar-refractivity contribution in [2.45, 2.75) is 39.3 Å². The van der Waals surface area contributed by atoms with E-state index in [4.69, 9.17) is 21.1 Å². The topological polar surface area (TPSA) is 129 Å². The summed E-state index contributed by atoms with van der Waals surface area (Å²) >= 11 is 6.16. The lowest BCUT2D eigenvalue weighted by Crippen LogP contribution is -2.37. The third-order valence-corrected chi connectivity index (χ3v) is 5.54. The molecule has 1 aromatic heterocycles. The second-order valence-electron chi connectivity index (χ2n) is 8.96. The molecule has 0 bridgehead atoms. The molecule has 3 N–H and O–H groups in total. The average molecular weight is 503 g/mol. The number of aromatic hydroxyl groups is 1. The molecule has 0 unspecified atom stereocenters. The first kappa shape index (κ1) is 25.9. The van der Waals surface area contributed by atoms with E-state index >= 15 is 0 Å². The molecule has 0 aliphatic rings. The smallest absolute Gasteiger partial charge is 0.410 e. The first-order chi connectivity index (χ1) is 16.4. The van der Waals surface area contributed by atoms with Crippen molar-refractivity contribution in [3.8, 4) is 11.5 Å². The number of halogens is 1. The molecule has 1 heterocycles. The number of pyridine rings is 1. The Kier molecular flexibility index (Phi) is 7.60. The van der Waals surface area contributed by atoms with Gasteiger partial charge in [0.1, 0.15) is 17.1 Å². The Balaban J connectivity index is 1.95. The molecular formula is C25H27ClN2O7. The molecule has 0 fully saturated rings. The molecule has 1 amide bonds. The summed E-state index contributed by atoms with van der Waals surface area (Å²) in [4.78, 5) is 40.3. The van der Waals surface area contributed by atoms with Crippen LogP contribution in [0.5, 0.6) is 11.5 Å². The monoisotopic (exact) mass is 502 g/mol. The lowest BCUT2D eigenvalue weighted by molar-refractivity contribution is 0.0234. The molecule has 10 heteroatoms. The number of hydrogen-bond donors (Lipinski definition) is 3. The van der Waals surface area contributed by atoms with Crippen LogP contribution in [0.2, 0.25) is 5.02 Å². The van der Waals surface area contributed by atoms with Gasteiger partial charge in [-0.25, -0.2) is 9.59 Å². The highest BCUT2D eigenvalue weighted by Crippen LogP contribution is 2.30. The van der Waals surface area contributed by atoms with E-state index in [0.717, 1.165) is 5.56 Å². The van der Waals surface area contributed by atoms with E-state index in [1.807, 2.05) is 0 Å². The van der Waals surface area contributed by atoms with E-state index in [-0.39, 0.29) is 40.7 Å². The highest BCUT2D eigenvalue weighted by molar-refractivity contribution is 6.33. The predicted octanol–water partition coefficient (Wildman–Crippen LogP) is 4.57. The van der Waals surface area contributed by atoms with Crippen molar-refractivity contribution in [3.63, 3.8) is 0 Å². The second-order valence-corrected chi connectivity index (χ2v) is 9.36. The summed E-state index contributed by atoms with van der Waals surface area (Å²) in [6, 6.07) is 8.97. The van der Waals surface area contributed by atoms with Crippen LogP contribution in [0.25, 0.3) is 10.9 Å². The lowest BCUT2D eigenvalue weighted by Gasteiger charge is -2.28. The van der Waals surface area contributed by atoms with Gasteiger partial charge in [-0.05, 0) is 57.0 Å². The zero-order valence-electron chi connectivity index (χ0n) is 19.8. The van der Waals surface area contributed by atoms with Gasteiger partial charge in [0.05, 0.1) is 29.8 Å². The van der Waals surface area contributed by atoms with Crippen molar-refractivity contribution in [1.82, 2.24) is 9.88 Å². The molecule has 0 saturated heterocycles. The molecule has 0 aliphatic heterocycles. The second kappa shape index (κ2) is 10.3. The number of carbonyl (C=O) groups is 2. The summed E-state index contributed by atoms with van der Waals surface area (Å²) in [7, 11) is 1.40. The number of nitrogens with zero attached hydrogens (tertiary/aromatic N) is 1. The summed E-state index contributed by atoms with van der Waals surface area (Å²) in [6.45, 7) is 5.53. The molecule has 0 radical (unpaired) electrons. The van der Waals surface area contributed by atoms with Crippen LogP contribution in [-0.2, 0) is 17.7 Å². The molecule has 35 heavy (non-hydrogen) atoms. The number of methoxy groups -OCH3 is 1. The van der Waals surface area contributed by atoms with Gasteiger partial charge in [0, 0.05) is 23.6 Å². The van der Waals surface area contributed by atoms with Crippen molar-refractivity contribution < 1.29 is 29.3 Å². The Labute approximate surface area is 206 Å². The molecule has 186 valence electrons. The van der Waals surface area contributed by atoms with Gasteiger partial charge >= 0.3 is 12.1 Å². The standard InChI is InChI=1S/C25H27ClN2O7/c1-25(2,3)35-24(33)28(13-15-11-18(26)17(23(31)32)12-20(15)34-4)10-9-14-5-7-19(29)22-16(14)6-8-21(30)27-22/h5-8,11-12,29H,9-10,13H2,1-4H3,(H,27,30)(H,31,32). The van der Waals surface area contributed by atoms with E-state index in [1.54, 1.807) is 32.9 Å². The summed E-state index contributed by atoms with van der Waals surface area (Å²) in [5.41, 5.74) is 0.433. The Morgan fingerprint density at radius 3 is 2.46 bits per heavy atom. The van der Waals surface area contributed by atoms with Crippen LogP contribution in [0.3, 0.4) is 0 Å². The predicted molar refractivity (Wildman–Crippen MR) is 132 cm³/mol. The summed E-state index contributed by atoms with van der Waals surface area (Å²) in [6.07, 6.45) is -0.194. The van der Waals surface area contributed by atoms with Crippen LogP contribution in [0.1, 0.15) is 42.3 Å². The number of nitrogens with one attached hydrogen (secondary N) is 1. The Hall–Kier alpha value is -3.72. The molecule has 0 spiro atoms. The number of ether oxygens (including phenoxy) is 2. The van der Waals surface area contributed by atoms with Crippen molar-refractivity contribution >= 4 is 34.6 Å². The fourth-order valence-corrected chi connectivity index (χ4v) is 3.88. The van der Waals surface area contributed by atoms with Crippen molar-refractivity contribution in [3.05, 3.63) is 68.5 Å². The van der Waals surface area contributed by atoms with Crippen LogP contribution in [-0.4, -0.2) is 51.4 Å². The van der Waals surface area contributed by atoms with Gasteiger partial charge in [-0.15, -0.1) is 0 Å². The van der Waals surface area contributed by atoms with Gasteiger partial charge in [-0.2, -0.15) is 0 Å². The third-order valence-electron chi connectivity index (χ3n) is 5.23. The fraction of sp³-hybridized carbons (Fsp3) is 0.320. The van der Waals surface area contributed by atoms with E-state index < -0.39 is 17.7 Å². The maximum Gasteiger partial charge on any atom is 0.410 e. The van der Waals surface area contributed by atoms with E-state index in [0.29, 0.717) is 22.9 Å². The summed E-state index contributed by atoms with van der Waals surface area (Å²) in [5, 5.41) is 20.1. The van der Waals surface area contributed by atoms with Crippen LogP contribution < -0.4 is 10.3 Å². The van der Waals surface area contributed by atoms with Crippen LogP contribution >= 0.6 is 11.6 Å². The largest absolute Gasteiger partial charge is 0.506 e. The number of fused-ring (bicyclic) bond motifs is 1. The first-order valence-corrected chi connectivity index (χ1v) is 11.2. The number of benzene rings is 2. The summed E-state index contributed by atoms with van der Waals surface area (Å²) < 4.78 is 10.9. The minimum Gasteiger partial charge on any atom is -0.506 e. The maximum atomic E-state index is 13.1. The van der Waals surface area contributed by atoms with E-state index in [1.165, 1.54) is 36.3 Å². The lowest BCUT2D eigenvalue weighted by atomic mass is 10.0. The average Bonchev–Trinajstić information content (AvgIpc) is 2.76. The molecule has 3 aromatic rings. The van der Waals surface area contributed by atoms with Crippen molar-refractivity contribution in [2.24, 2.45) is 0 Å². The zero-order valence-corrected chi connectivity index (χ0v) is 20.6. The minimum absolute atomic E-state index is 0.0194. The van der Waals surface area contributed by atoms with Crippen molar-refractivity contribution in [2.75, 3.05) is 13.7 Å². The van der Waals surface area contributed by atoms with E-state index in [9.17, 15) is 24.6 Å². The first-order valence-electron chi connectivity index (χ1n) is 10.8. The number of phenolic OH excluding ortho intramolecular Hbond substituents is 1. The molecule has 0 aliphatic carbocycles. The number of amides is 1. The quantitative estimate of drug-likeness (QED) is 0.431. The maximum absolute atomic E-state index is 13.1. The van der Waals surface area contributed by atoms with Gasteiger partial charge < -0.3 is 29.6 Å². The number of aromatic carboxylic acids is 1. The Morgan fingerprint density at radius 1 is 1.11 bits per heavy atom. The van der Waals surface area contributed by atoms with Gasteiger partial charge in [0.25, 0.3) is 0 Å². The van der Waals surface area contributed by atoms with Crippen LogP contribution in [0.4, 0.5) is 4.79 Å². The molecule has 9 nitrogen and oxygen atoms in total. The third kappa shape index (κ3) is 6.24. The summed E-state index contributed by atoms with van der Waals surface area (Å²) in [5.74, 6) is -0.975. The minimum atomic E-state index is -1.19. The number of carboxylic acid groups (broad SMARTS) is 1. The highest BCUT2D eigenvalue weighted by atomic mass is 35.5. The molecule has 2 aromatic carbocycles. The van der Waals surface area contributed by atoms with Crippen molar-refractivity contribution in [1.29, 1.82) is 0 Å². The molecule has 0 saturated carbocycles. The van der Waals surface area contributed by atoms with Crippen LogP contribution in [0.15, 0.2) is 41.2 Å². The number of carbonyl (C=O) groups excluding carboxylic acids is 1. The van der Waals surface area contributed by atoms with Gasteiger partial charge in [0.15, 0.2) is 0 Å². The normalized spacial score (nSPS) is 11.3. The van der Waals surface area contributed by atoms with Gasteiger partial charge in [-0.1, -0.05) is 17.7 Å². The molecule has 3 rings (SSSR count). The molecule has 0 atom stereocenters. The number of aromatic nitrogens is 1. The highest BCUT2D eigenvalue weighted by Gasteiger charge is 2.25. The Morgan fingerprint density at radius 2 is 1.83 bits per heavy atom. The SMILES string of the molecule is COc1cc(C(=O)O)c(Cl)cc1CN(CCc1ccc(O)c2[nH]c(=O)ccc12)C(=O)OC(C)(C)C. The van der Waals surface area contributed by atoms with E-state index in [2.05, 4.69) is 4.98 Å². The number of hydrogen-bond acceptors (Lipinski definition) is 6. The van der Waals surface area contributed by atoms with Gasteiger partial charge in [0.2, 0.25) is 5.56 Å². The zero-order chi connectivity index (χ0) is 25.9. The molecular weight excluding hydrogens is 476 g/mol. The number of carboxylic acids is 1. The number of aromatic amines is 1.